The van der Waals surface area contributed by atoms with E-state index >= 15 is 0 Å². The summed E-state index contributed by atoms with van der Waals surface area (Å²) >= 11 is 0. The summed E-state index contributed by atoms with van der Waals surface area (Å²) < 4.78 is 0. The van der Waals surface area contributed by atoms with Crippen LogP contribution >= 0.6 is 0 Å². The van der Waals surface area contributed by atoms with Crippen molar-refractivity contribution in [1.82, 2.24) is 0 Å². The molecule has 0 spiro atoms. The predicted octanol–water partition coefficient (Wildman–Crippen LogP) is -0.643. The third-order valence-corrected chi connectivity index (χ3v) is 1.39. The van der Waals surface area contributed by atoms with Crippen molar-refractivity contribution in [1.29, 1.82) is 0 Å². The van der Waals surface area contributed by atoms with E-state index in [2.05, 4.69) is 0 Å². The van der Waals surface area contributed by atoms with Crippen molar-refractivity contribution >= 4 is 0 Å². The summed E-state index contributed by atoms with van der Waals surface area (Å²) in [6.07, 6.45) is 0. The Morgan fingerprint density at radius 2 is 1.00 bits per heavy atom. The molecule has 0 heterocycles. The molecule has 0 radical (unpaired) electrons. The van der Waals surface area contributed by atoms with Crippen LogP contribution in [0.1, 0.15) is 20.8 Å². The first-order chi connectivity index (χ1) is 3.25. The Kier molecular flexibility index (Phi) is 1.66. The van der Waals surface area contributed by atoms with E-state index in [1.165, 1.54) is 0 Å². The molecule has 0 aliphatic rings. The summed E-state index contributed by atoms with van der Waals surface area (Å²) in [6, 6.07) is 0. The summed E-state index contributed by atoms with van der Waals surface area (Å²) in [4.78, 5) is 0. The molecule has 0 atom stereocenters. The van der Waals surface area contributed by atoms with Gasteiger partial charge in [-0.3, -0.25) is 0 Å². The Labute approximate surface area is 50.2 Å². The number of rotatable bonds is 1. The Bertz CT molecular complexity index is 62.7. The lowest BCUT2D eigenvalue weighted by Gasteiger charge is -2.33. The fourth-order valence-corrected chi connectivity index (χ4v) is 0. The summed E-state index contributed by atoms with van der Waals surface area (Å²) in [7, 11) is 0. The number of hydrogen-bond acceptors (Lipinski definition) is 3. The van der Waals surface area contributed by atoms with E-state index in [1.807, 2.05) is 0 Å². The van der Waals surface area contributed by atoms with Gasteiger partial charge in [0.15, 0.2) is 0 Å². The minimum atomic E-state index is -0.785. The van der Waals surface area contributed by atoms with Gasteiger partial charge in [-0.05, 0) is 20.8 Å². The second-order valence-corrected chi connectivity index (χ2v) is 3.00. The molecule has 3 heteroatoms. The van der Waals surface area contributed by atoms with Gasteiger partial charge >= 0.3 is 0 Å². The highest BCUT2D eigenvalue weighted by atomic mass is 15.0. The van der Waals surface area contributed by atoms with Gasteiger partial charge in [0.25, 0.3) is 0 Å². The first kappa shape index (κ1) is 7.88. The third kappa shape index (κ3) is 1.78. The number of hydrogen-bond donors (Lipinski definition) is 3. The second-order valence-electron chi connectivity index (χ2n) is 3.00. The lowest BCUT2D eigenvalue weighted by Crippen LogP contribution is -2.66. The largest absolute Gasteiger partial charge is 0.323 e. The van der Waals surface area contributed by atoms with Crippen LogP contribution < -0.4 is 17.2 Å². The van der Waals surface area contributed by atoms with Gasteiger partial charge in [-0.1, -0.05) is 0 Å². The zero-order valence-corrected chi connectivity index (χ0v) is 5.73. The van der Waals surface area contributed by atoms with E-state index < -0.39 is 11.2 Å². The smallest absolute Gasteiger partial charge is 0.0787 e. The first-order valence-corrected chi connectivity index (χ1v) is 2.62. The molecular weight excluding hydrogens is 102 g/mol. The molecule has 0 saturated carbocycles. The van der Waals surface area contributed by atoms with Crippen LogP contribution in [0.2, 0.25) is 0 Å². The molecule has 0 aromatic rings. The maximum atomic E-state index is 5.56. The highest BCUT2D eigenvalue weighted by Crippen LogP contribution is 2.07. The molecule has 0 aliphatic carbocycles. The lowest BCUT2D eigenvalue weighted by atomic mass is 9.92. The monoisotopic (exact) mass is 117 g/mol. The van der Waals surface area contributed by atoms with Gasteiger partial charge in [-0.15, -0.1) is 0 Å². The average Bonchev–Trinajstić information content (AvgIpc) is 1.25. The molecule has 0 unspecified atom stereocenters. The average molecular weight is 117 g/mol. The van der Waals surface area contributed by atoms with Crippen molar-refractivity contribution in [3.05, 3.63) is 0 Å². The van der Waals surface area contributed by atoms with Crippen LogP contribution in [0.25, 0.3) is 0 Å². The zero-order valence-electron chi connectivity index (χ0n) is 5.73. The van der Waals surface area contributed by atoms with Gasteiger partial charge in [0, 0.05) is 5.54 Å². The maximum absolute atomic E-state index is 5.56. The fraction of sp³-hybridized carbons (Fsp3) is 1.00. The summed E-state index contributed by atoms with van der Waals surface area (Å²) in [6.45, 7) is 5.30. The topological polar surface area (TPSA) is 78.1 Å². The van der Waals surface area contributed by atoms with E-state index in [4.69, 9.17) is 17.2 Å². The van der Waals surface area contributed by atoms with Gasteiger partial charge in [-0.2, -0.15) is 0 Å². The van der Waals surface area contributed by atoms with Crippen molar-refractivity contribution < 1.29 is 0 Å². The highest BCUT2D eigenvalue weighted by Gasteiger charge is 2.29. The van der Waals surface area contributed by atoms with E-state index in [0.29, 0.717) is 0 Å². The Hall–Kier alpha value is -0.120. The van der Waals surface area contributed by atoms with Gasteiger partial charge in [0.05, 0.1) is 5.66 Å². The SMILES string of the molecule is CC(C)(N)C(C)(N)N. The van der Waals surface area contributed by atoms with E-state index in [1.54, 1.807) is 20.8 Å². The fourth-order valence-electron chi connectivity index (χ4n) is 0. The van der Waals surface area contributed by atoms with Gasteiger partial charge in [-0.25, -0.2) is 0 Å². The van der Waals surface area contributed by atoms with Gasteiger partial charge < -0.3 is 17.2 Å². The van der Waals surface area contributed by atoms with E-state index in [0.717, 1.165) is 0 Å². The maximum Gasteiger partial charge on any atom is 0.0787 e. The van der Waals surface area contributed by atoms with E-state index in [9.17, 15) is 0 Å². The Morgan fingerprint density at radius 1 is 0.875 bits per heavy atom. The van der Waals surface area contributed by atoms with Crippen LogP contribution in [-0.4, -0.2) is 11.2 Å². The molecule has 0 fully saturated rings. The number of nitrogens with two attached hydrogens (primary N) is 3. The van der Waals surface area contributed by atoms with Crippen LogP contribution in [0.4, 0.5) is 0 Å². The summed E-state index contributed by atoms with van der Waals surface area (Å²) in [5.41, 5.74) is 15.2. The molecule has 6 N–H and O–H groups in total. The molecule has 0 aromatic carbocycles. The van der Waals surface area contributed by atoms with Crippen LogP contribution in [0.5, 0.6) is 0 Å². The first-order valence-electron chi connectivity index (χ1n) is 2.62. The molecule has 0 aliphatic heterocycles. The van der Waals surface area contributed by atoms with Crippen LogP contribution in [0, 0.1) is 0 Å². The van der Waals surface area contributed by atoms with Gasteiger partial charge in [0.2, 0.25) is 0 Å². The summed E-state index contributed by atoms with van der Waals surface area (Å²) in [5.74, 6) is 0. The van der Waals surface area contributed by atoms with E-state index in [-0.39, 0.29) is 0 Å². The molecule has 0 saturated heterocycles. The quantitative estimate of drug-likeness (QED) is 0.400. The Morgan fingerprint density at radius 3 is 1.00 bits per heavy atom. The minimum Gasteiger partial charge on any atom is -0.323 e. The molecule has 0 bridgehead atoms. The van der Waals surface area contributed by atoms with Gasteiger partial charge in [0.1, 0.15) is 0 Å². The van der Waals surface area contributed by atoms with Crippen molar-refractivity contribution in [3.63, 3.8) is 0 Å². The minimum absolute atomic E-state index is 0.507. The van der Waals surface area contributed by atoms with Crippen molar-refractivity contribution in [2.75, 3.05) is 0 Å². The summed E-state index contributed by atoms with van der Waals surface area (Å²) in [5, 5.41) is 0. The molecule has 0 amide bonds. The molecular formula is C5H15N3. The molecule has 8 heavy (non-hydrogen) atoms. The molecule has 3 nitrogen and oxygen atoms in total. The van der Waals surface area contributed by atoms with Crippen LogP contribution in [0.3, 0.4) is 0 Å². The molecule has 50 valence electrons. The van der Waals surface area contributed by atoms with Crippen molar-refractivity contribution in [3.8, 4) is 0 Å². The van der Waals surface area contributed by atoms with Crippen LogP contribution in [-0.2, 0) is 0 Å². The lowest BCUT2D eigenvalue weighted by molar-refractivity contribution is 0.293. The zero-order chi connectivity index (χ0) is 7.00. The standard InChI is InChI=1S/C5H15N3/c1-4(2,6)5(3,7)8/h6-8H2,1-3H3. The third-order valence-electron chi connectivity index (χ3n) is 1.39. The van der Waals surface area contributed by atoms with Crippen molar-refractivity contribution in [2.45, 2.75) is 32.0 Å². The van der Waals surface area contributed by atoms with Crippen LogP contribution in [0.15, 0.2) is 0 Å². The molecule has 0 rings (SSSR count). The normalized spacial score (nSPS) is 14.2. The second kappa shape index (κ2) is 1.69. The highest BCUT2D eigenvalue weighted by molar-refractivity contribution is 4.92. The Balaban J connectivity index is 4.02. The predicted molar refractivity (Wildman–Crippen MR) is 35.0 cm³/mol. The molecule has 0 aromatic heterocycles. The van der Waals surface area contributed by atoms with Crippen molar-refractivity contribution in [2.24, 2.45) is 17.2 Å².